The molecule has 0 N–H and O–H groups in total. The summed E-state index contributed by atoms with van der Waals surface area (Å²) in [6.45, 7) is 5.55. The summed E-state index contributed by atoms with van der Waals surface area (Å²) in [4.78, 5) is 14.5. The number of amides is 1. The van der Waals surface area contributed by atoms with Crippen molar-refractivity contribution in [2.45, 2.75) is 32.0 Å². The van der Waals surface area contributed by atoms with E-state index in [4.69, 9.17) is 10.00 Å². The van der Waals surface area contributed by atoms with Crippen molar-refractivity contribution in [3.63, 3.8) is 0 Å². The number of anilines is 1. The van der Waals surface area contributed by atoms with Crippen LogP contribution in [0.3, 0.4) is 0 Å². The Labute approximate surface area is 158 Å². The third-order valence-electron chi connectivity index (χ3n) is 3.71. The van der Waals surface area contributed by atoms with Gasteiger partial charge in [0.15, 0.2) is 5.16 Å². The Balaban J connectivity index is 2.10. The maximum absolute atomic E-state index is 12.8. The Morgan fingerprint density at radius 2 is 2.08 bits per heavy atom. The van der Waals surface area contributed by atoms with Gasteiger partial charge in [-0.15, -0.1) is 10.2 Å². The molecule has 2 rings (SSSR count). The van der Waals surface area contributed by atoms with Crippen LogP contribution < -0.4 is 4.90 Å². The van der Waals surface area contributed by atoms with Crippen LogP contribution in [-0.4, -0.2) is 46.7 Å². The molecule has 1 aromatic heterocycles. The van der Waals surface area contributed by atoms with Crippen LogP contribution in [-0.2, 0) is 16.1 Å². The molecule has 7 nitrogen and oxygen atoms in total. The van der Waals surface area contributed by atoms with E-state index < -0.39 is 0 Å². The number of methoxy groups -OCH3 is 1. The van der Waals surface area contributed by atoms with Crippen LogP contribution >= 0.6 is 11.8 Å². The number of thioether (sulfide) groups is 1. The van der Waals surface area contributed by atoms with Crippen molar-refractivity contribution in [2.24, 2.45) is 0 Å². The molecule has 8 heteroatoms. The molecule has 26 heavy (non-hydrogen) atoms. The first kappa shape index (κ1) is 19.9. The molecular formula is C18H23N5O2S. The van der Waals surface area contributed by atoms with E-state index >= 15 is 0 Å². The minimum atomic E-state index is -0.0588. The molecule has 0 saturated carbocycles. The first-order valence-electron chi connectivity index (χ1n) is 8.30. The lowest BCUT2D eigenvalue weighted by atomic mass is 10.1. The maximum Gasteiger partial charge on any atom is 0.237 e. The average Bonchev–Trinajstić information content (AvgIpc) is 3.05. The zero-order chi connectivity index (χ0) is 18.9. The van der Waals surface area contributed by atoms with Crippen molar-refractivity contribution >= 4 is 23.4 Å². The van der Waals surface area contributed by atoms with Crippen molar-refractivity contribution in [1.82, 2.24) is 14.8 Å². The molecule has 0 bridgehead atoms. The standard InChI is InChI=1S/C18H23N5O2S/c1-14-9-15(2)11-16(10-14)23(6-4-5-19)17(24)12-26-18-21-20-13-22(18)7-8-25-3/h9-11,13H,4,6-8,12H2,1-3H3. The van der Waals surface area contributed by atoms with Crippen LogP contribution in [0.4, 0.5) is 5.69 Å². The lowest BCUT2D eigenvalue weighted by Crippen LogP contribution is -2.33. The van der Waals surface area contributed by atoms with Gasteiger partial charge >= 0.3 is 0 Å². The SMILES string of the molecule is COCCn1cnnc1SCC(=O)N(CCC#N)c1cc(C)cc(C)c1. The minimum Gasteiger partial charge on any atom is -0.383 e. The number of carbonyl (C=O) groups is 1. The van der Waals surface area contributed by atoms with Gasteiger partial charge in [0.2, 0.25) is 5.91 Å². The Morgan fingerprint density at radius 3 is 2.73 bits per heavy atom. The molecule has 0 saturated heterocycles. The molecule has 0 aliphatic rings. The Hall–Kier alpha value is -2.37. The number of nitriles is 1. The van der Waals surface area contributed by atoms with E-state index in [-0.39, 0.29) is 18.1 Å². The third kappa shape index (κ3) is 5.58. The van der Waals surface area contributed by atoms with Gasteiger partial charge in [-0.25, -0.2) is 0 Å². The van der Waals surface area contributed by atoms with Crippen LogP contribution in [0.1, 0.15) is 17.5 Å². The number of nitrogens with zero attached hydrogens (tertiary/aromatic N) is 5. The largest absolute Gasteiger partial charge is 0.383 e. The van der Waals surface area contributed by atoms with Gasteiger partial charge in [-0.1, -0.05) is 17.8 Å². The number of carbonyl (C=O) groups excluding carboxylic acids is 1. The van der Waals surface area contributed by atoms with E-state index in [1.54, 1.807) is 18.3 Å². The predicted octanol–water partition coefficient (Wildman–Crippen LogP) is 2.58. The predicted molar refractivity (Wildman–Crippen MR) is 101 cm³/mol. The summed E-state index contributed by atoms with van der Waals surface area (Å²) in [7, 11) is 1.64. The summed E-state index contributed by atoms with van der Waals surface area (Å²) < 4.78 is 6.93. The van der Waals surface area contributed by atoms with E-state index in [1.165, 1.54) is 11.8 Å². The van der Waals surface area contributed by atoms with Crippen LogP contribution in [0.15, 0.2) is 29.7 Å². The molecule has 0 radical (unpaired) electrons. The van der Waals surface area contributed by atoms with E-state index in [0.29, 0.717) is 24.9 Å². The smallest absolute Gasteiger partial charge is 0.237 e. The number of benzene rings is 1. The topological polar surface area (TPSA) is 84.0 Å². The molecule has 0 atom stereocenters. The summed E-state index contributed by atoms with van der Waals surface area (Å²) in [6, 6.07) is 8.10. The molecule has 0 spiro atoms. The number of rotatable bonds is 9. The maximum atomic E-state index is 12.8. The van der Waals surface area contributed by atoms with Gasteiger partial charge in [0, 0.05) is 25.9 Å². The van der Waals surface area contributed by atoms with Crippen molar-refractivity contribution in [2.75, 3.05) is 30.9 Å². The fraction of sp³-hybridized carbons (Fsp3) is 0.444. The molecule has 138 valence electrons. The highest BCUT2D eigenvalue weighted by Gasteiger charge is 2.18. The highest BCUT2D eigenvalue weighted by atomic mass is 32.2. The average molecular weight is 373 g/mol. The third-order valence-corrected chi connectivity index (χ3v) is 4.67. The second kappa shape index (κ2) is 9.94. The van der Waals surface area contributed by atoms with E-state index in [2.05, 4.69) is 22.3 Å². The van der Waals surface area contributed by atoms with E-state index in [0.717, 1.165) is 16.8 Å². The summed E-state index contributed by atoms with van der Waals surface area (Å²) in [5.74, 6) is 0.168. The van der Waals surface area contributed by atoms with Gasteiger partial charge in [0.1, 0.15) is 6.33 Å². The van der Waals surface area contributed by atoms with Crippen molar-refractivity contribution in [3.8, 4) is 6.07 Å². The zero-order valence-corrected chi connectivity index (χ0v) is 16.1. The van der Waals surface area contributed by atoms with E-state index in [1.807, 2.05) is 30.5 Å². The highest BCUT2D eigenvalue weighted by Crippen LogP contribution is 2.22. The van der Waals surface area contributed by atoms with Gasteiger partial charge in [0.25, 0.3) is 0 Å². The van der Waals surface area contributed by atoms with E-state index in [9.17, 15) is 4.79 Å². The summed E-state index contributed by atoms with van der Waals surface area (Å²) in [6.07, 6.45) is 1.91. The molecule has 1 amide bonds. The number of ether oxygens (including phenoxy) is 1. The van der Waals surface area contributed by atoms with Crippen molar-refractivity contribution in [1.29, 1.82) is 5.26 Å². The lowest BCUT2D eigenvalue weighted by Gasteiger charge is -2.22. The monoisotopic (exact) mass is 373 g/mol. The van der Waals surface area contributed by atoms with Crippen LogP contribution in [0.2, 0.25) is 0 Å². The van der Waals surface area contributed by atoms with Crippen molar-refractivity contribution in [3.05, 3.63) is 35.7 Å². The normalized spacial score (nSPS) is 10.5. The zero-order valence-electron chi connectivity index (χ0n) is 15.3. The first-order chi connectivity index (χ1) is 12.5. The van der Waals surface area contributed by atoms with Gasteiger partial charge in [0.05, 0.1) is 24.8 Å². The fourth-order valence-electron chi connectivity index (χ4n) is 2.57. The second-order valence-corrected chi connectivity index (χ2v) is 6.83. The Morgan fingerprint density at radius 1 is 1.35 bits per heavy atom. The van der Waals surface area contributed by atoms with Gasteiger partial charge in [-0.3, -0.25) is 4.79 Å². The summed E-state index contributed by atoms with van der Waals surface area (Å²) in [5, 5.41) is 17.6. The molecule has 1 aromatic carbocycles. The minimum absolute atomic E-state index is 0.0588. The molecular weight excluding hydrogens is 350 g/mol. The van der Waals surface area contributed by atoms with Crippen LogP contribution in [0.25, 0.3) is 0 Å². The lowest BCUT2D eigenvalue weighted by molar-refractivity contribution is -0.116. The molecule has 0 aliphatic carbocycles. The fourth-order valence-corrected chi connectivity index (χ4v) is 3.39. The summed E-state index contributed by atoms with van der Waals surface area (Å²) in [5.41, 5.74) is 2.99. The number of hydrogen-bond donors (Lipinski definition) is 0. The number of aromatic nitrogens is 3. The second-order valence-electron chi connectivity index (χ2n) is 5.89. The van der Waals surface area contributed by atoms with Crippen LogP contribution in [0, 0.1) is 25.2 Å². The molecule has 0 fully saturated rings. The van der Waals surface area contributed by atoms with Gasteiger partial charge in [-0.05, 0) is 37.1 Å². The van der Waals surface area contributed by atoms with Gasteiger partial charge < -0.3 is 14.2 Å². The van der Waals surface area contributed by atoms with Crippen molar-refractivity contribution < 1.29 is 9.53 Å². The Bertz CT molecular complexity index is 764. The van der Waals surface area contributed by atoms with Gasteiger partial charge in [-0.2, -0.15) is 5.26 Å². The summed E-state index contributed by atoms with van der Waals surface area (Å²) >= 11 is 1.34. The molecule has 0 unspecified atom stereocenters. The Kier molecular flexibility index (Phi) is 7.63. The quantitative estimate of drug-likeness (QED) is 0.628. The van der Waals surface area contributed by atoms with Crippen LogP contribution in [0.5, 0.6) is 0 Å². The molecule has 1 heterocycles. The molecule has 2 aromatic rings. The number of hydrogen-bond acceptors (Lipinski definition) is 6. The first-order valence-corrected chi connectivity index (χ1v) is 9.29. The molecule has 0 aliphatic heterocycles. The highest BCUT2D eigenvalue weighted by molar-refractivity contribution is 7.99. The number of aryl methyl sites for hydroxylation is 2.